The predicted molar refractivity (Wildman–Crippen MR) is 82.4 cm³/mol. The Morgan fingerprint density at radius 2 is 2.00 bits per heavy atom. The molecule has 0 amide bonds. The van der Waals surface area contributed by atoms with Gasteiger partial charge in [-0.1, -0.05) is 24.3 Å². The number of pyridine rings is 2. The summed E-state index contributed by atoms with van der Waals surface area (Å²) in [5, 5.41) is 0.706. The summed E-state index contributed by atoms with van der Waals surface area (Å²) in [4.78, 5) is 8.76. The topological polar surface area (TPSA) is 35.0 Å². The highest BCUT2D eigenvalue weighted by Gasteiger charge is 2.13. The lowest BCUT2D eigenvalue weighted by atomic mass is 10.0. The second-order valence-electron chi connectivity index (χ2n) is 4.58. The van der Waals surface area contributed by atoms with Gasteiger partial charge in [-0.25, -0.2) is 4.98 Å². The van der Waals surface area contributed by atoms with Crippen LogP contribution in [0, 0.1) is 20.8 Å². The molecule has 2 rings (SSSR count). The summed E-state index contributed by atoms with van der Waals surface area (Å²) >= 11 is 6.29. The maximum Gasteiger partial charge on any atom is 0.213 e. The van der Waals surface area contributed by atoms with Gasteiger partial charge in [-0.15, -0.1) is 0 Å². The third kappa shape index (κ3) is 2.83. The van der Waals surface area contributed by atoms with Crippen molar-refractivity contribution in [3.05, 3.63) is 53.0 Å². The van der Waals surface area contributed by atoms with Crippen molar-refractivity contribution in [2.24, 2.45) is 0 Å². The molecule has 0 aromatic carbocycles. The molecule has 3 nitrogen and oxygen atoms in total. The second-order valence-corrected chi connectivity index (χ2v) is 4.96. The zero-order valence-corrected chi connectivity index (χ0v) is 12.7. The summed E-state index contributed by atoms with van der Waals surface area (Å²) in [6.45, 7) is 9.95. The van der Waals surface area contributed by atoms with Crippen LogP contribution in [-0.2, 0) is 0 Å². The predicted octanol–water partition coefficient (Wildman–Crippen LogP) is 4.29. The SMILES string of the molecule is C=CCOc1ccc(-c2c(C)nc(C)c(Cl)c2C)cn1. The van der Waals surface area contributed by atoms with Crippen LogP contribution in [0.3, 0.4) is 0 Å². The summed E-state index contributed by atoms with van der Waals surface area (Å²) in [5.41, 5.74) is 4.84. The van der Waals surface area contributed by atoms with Crippen LogP contribution in [0.5, 0.6) is 5.88 Å². The second kappa shape index (κ2) is 6.06. The number of aromatic nitrogens is 2. The van der Waals surface area contributed by atoms with Crippen molar-refractivity contribution in [2.45, 2.75) is 20.8 Å². The quantitative estimate of drug-likeness (QED) is 0.787. The van der Waals surface area contributed by atoms with Gasteiger partial charge in [-0.3, -0.25) is 4.98 Å². The van der Waals surface area contributed by atoms with Gasteiger partial charge in [0.05, 0.1) is 10.7 Å². The molecule has 0 aliphatic rings. The summed E-state index contributed by atoms with van der Waals surface area (Å²) in [7, 11) is 0. The van der Waals surface area contributed by atoms with Crippen LogP contribution in [0.15, 0.2) is 31.0 Å². The fourth-order valence-electron chi connectivity index (χ4n) is 2.19. The molecule has 20 heavy (non-hydrogen) atoms. The van der Waals surface area contributed by atoms with Crippen LogP contribution in [-0.4, -0.2) is 16.6 Å². The van der Waals surface area contributed by atoms with Gasteiger partial charge in [0.25, 0.3) is 0 Å². The smallest absolute Gasteiger partial charge is 0.213 e. The van der Waals surface area contributed by atoms with E-state index in [4.69, 9.17) is 16.3 Å². The minimum Gasteiger partial charge on any atom is -0.473 e. The Morgan fingerprint density at radius 3 is 2.60 bits per heavy atom. The zero-order chi connectivity index (χ0) is 14.7. The Labute approximate surface area is 124 Å². The van der Waals surface area contributed by atoms with Gasteiger partial charge in [-0.05, 0) is 32.4 Å². The molecule has 0 bridgehead atoms. The van der Waals surface area contributed by atoms with Crippen LogP contribution in [0.25, 0.3) is 11.1 Å². The average molecular weight is 289 g/mol. The molecule has 0 saturated carbocycles. The average Bonchev–Trinajstić information content (AvgIpc) is 2.44. The van der Waals surface area contributed by atoms with E-state index in [1.165, 1.54) is 0 Å². The fourth-order valence-corrected chi connectivity index (χ4v) is 2.33. The van der Waals surface area contributed by atoms with Crippen molar-refractivity contribution in [3.63, 3.8) is 0 Å². The molecule has 2 heterocycles. The standard InChI is InChI=1S/C16H17ClN2O/c1-5-8-20-14-7-6-13(9-18-14)15-10(2)16(17)12(4)19-11(15)3/h5-7,9H,1,8H2,2-4H3. The number of ether oxygens (including phenoxy) is 1. The Kier molecular flexibility index (Phi) is 4.40. The van der Waals surface area contributed by atoms with E-state index in [9.17, 15) is 0 Å². The Morgan fingerprint density at radius 1 is 1.25 bits per heavy atom. The van der Waals surface area contributed by atoms with Crippen LogP contribution >= 0.6 is 11.6 Å². The molecule has 0 spiro atoms. The van der Waals surface area contributed by atoms with Gasteiger partial charge in [-0.2, -0.15) is 0 Å². The first kappa shape index (κ1) is 14.5. The van der Waals surface area contributed by atoms with Crippen LogP contribution in [0.2, 0.25) is 5.02 Å². The monoisotopic (exact) mass is 288 g/mol. The Hall–Kier alpha value is -1.87. The van der Waals surface area contributed by atoms with Gasteiger partial charge in [0.1, 0.15) is 6.61 Å². The van der Waals surface area contributed by atoms with Gasteiger partial charge >= 0.3 is 0 Å². The summed E-state index contributed by atoms with van der Waals surface area (Å²) in [5.74, 6) is 0.579. The van der Waals surface area contributed by atoms with E-state index in [2.05, 4.69) is 16.5 Å². The minimum absolute atomic E-state index is 0.447. The number of rotatable bonds is 4. The number of halogens is 1. The number of hydrogen-bond acceptors (Lipinski definition) is 3. The molecule has 104 valence electrons. The van der Waals surface area contributed by atoms with Crippen molar-refractivity contribution < 1.29 is 4.74 Å². The molecule has 0 saturated heterocycles. The molecule has 2 aromatic rings. The third-order valence-electron chi connectivity index (χ3n) is 3.09. The third-order valence-corrected chi connectivity index (χ3v) is 3.65. The van der Waals surface area contributed by atoms with Crippen LogP contribution in [0.1, 0.15) is 17.0 Å². The first-order chi connectivity index (χ1) is 9.54. The minimum atomic E-state index is 0.447. The largest absolute Gasteiger partial charge is 0.473 e. The normalized spacial score (nSPS) is 10.4. The zero-order valence-electron chi connectivity index (χ0n) is 11.9. The molecule has 2 aromatic heterocycles. The highest BCUT2D eigenvalue weighted by atomic mass is 35.5. The van der Waals surface area contributed by atoms with E-state index in [1.807, 2.05) is 32.9 Å². The molecule has 0 aliphatic carbocycles. The lowest BCUT2D eigenvalue weighted by molar-refractivity contribution is 0.349. The number of hydrogen-bond donors (Lipinski definition) is 0. The Balaban J connectivity index is 2.42. The van der Waals surface area contributed by atoms with Crippen molar-refractivity contribution in [2.75, 3.05) is 6.61 Å². The molecule has 0 aliphatic heterocycles. The summed E-state index contributed by atoms with van der Waals surface area (Å²) < 4.78 is 5.38. The molecule has 0 unspecified atom stereocenters. The van der Waals surface area contributed by atoms with Gasteiger partial charge in [0.2, 0.25) is 5.88 Å². The lowest BCUT2D eigenvalue weighted by Crippen LogP contribution is -1.98. The molecule has 0 N–H and O–H groups in total. The first-order valence-electron chi connectivity index (χ1n) is 6.38. The number of nitrogens with zero attached hydrogens (tertiary/aromatic N) is 2. The van der Waals surface area contributed by atoms with Crippen molar-refractivity contribution in [1.82, 2.24) is 9.97 Å². The van der Waals surface area contributed by atoms with E-state index in [1.54, 1.807) is 12.3 Å². The fraction of sp³-hybridized carbons (Fsp3) is 0.250. The molecular formula is C16H17ClN2O. The van der Waals surface area contributed by atoms with E-state index in [0.717, 1.165) is 28.1 Å². The van der Waals surface area contributed by atoms with E-state index in [-0.39, 0.29) is 0 Å². The van der Waals surface area contributed by atoms with Crippen molar-refractivity contribution >= 4 is 11.6 Å². The summed E-state index contributed by atoms with van der Waals surface area (Å²) in [6.07, 6.45) is 3.47. The molecule has 0 atom stereocenters. The highest BCUT2D eigenvalue weighted by molar-refractivity contribution is 6.32. The van der Waals surface area contributed by atoms with E-state index >= 15 is 0 Å². The number of aryl methyl sites for hydroxylation is 2. The van der Waals surface area contributed by atoms with Crippen LogP contribution in [0.4, 0.5) is 0 Å². The molecular weight excluding hydrogens is 272 g/mol. The Bertz CT molecular complexity index is 636. The van der Waals surface area contributed by atoms with E-state index in [0.29, 0.717) is 17.5 Å². The maximum absolute atomic E-state index is 6.29. The molecule has 0 fully saturated rings. The first-order valence-corrected chi connectivity index (χ1v) is 6.75. The lowest BCUT2D eigenvalue weighted by Gasteiger charge is -2.13. The summed E-state index contributed by atoms with van der Waals surface area (Å²) in [6, 6.07) is 3.81. The van der Waals surface area contributed by atoms with Gasteiger partial charge in [0, 0.05) is 29.1 Å². The molecule has 4 heteroatoms. The van der Waals surface area contributed by atoms with Gasteiger partial charge in [0.15, 0.2) is 0 Å². The highest BCUT2D eigenvalue weighted by Crippen LogP contribution is 2.32. The van der Waals surface area contributed by atoms with E-state index < -0.39 is 0 Å². The van der Waals surface area contributed by atoms with Crippen molar-refractivity contribution in [3.8, 4) is 17.0 Å². The molecule has 0 radical (unpaired) electrons. The van der Waals surface area contributed by atoms with Crippen molar-refractivity contribution in [1.29, 1.82) is 0 Å². The van der Waals surface area contributed by atoms with Gasteiger partial charge < -0.3 is 4.74 Å². The van der Waals surface area contributed by atoms with Crippen LogP contribution < -0.4 is 4.74 Å². The maximum atomic E-state index is 6.29.